The van der Waals surface area contributed by atoms with Crippen molar-refractivity contribution >= 4 is 22.6 Å². The molecule has 3 aromatic carbocycles. The highest BCUT2D eigenvalue weighted by atomic mass is 16.2. The molecule has 5 rings (SSSR count). The third kappa shape index (κ3) is 4.88. The molecule has 1 aromatic heterocycles. The van der Waals surface area contributed by atoms with E-state index in [4.69, 9.17) is 0 Å². The predicted molar refractivity (Wildman–Crippen MR) is 134 cm³/mol. The van der Waals surface area contributed by atoms with Crippen LogP contribution < -0.4 is 0 Å². The van der Waals surface area contributed by atoms with Gasteiger partial charge < -0.3 is 14.4 Å². The van der Waals surface area contributed by atoms with E-state index in [0.717, 1.165) is 34.9 Å². The molecule has 1 aliphatic carbocycles. The molecule has 0 N–H and O–H groups in total. The Labute approximate surface area is 200 Å². The minimum absolute atomic E-state index is 0.0360. The number of amides is 2. The Kier molecular flexibility index (Phi) is 6.17. The zero-order valence-electron chi connectivity index (χ0n) is 19.4. The van der Waals surface area contributed by atoms with E-state index in [0.29, 0.717) is 18.7 Å². The topological polar surface area (TPSA) is 45.6 Å². The minimum Gasteiger partial charge on any atom is -0.353 e. The third-order valence-electron chi connectivity index (χ3n) is 6.52. The highest BCUT2D eigenvalue weighted by molar-refractivity contribution is 6.00. The van der Waals surface area contributed by atoms with Gasteiger partial charge >= 0.3 is 0 Å². The predicted octanol–water partition coefficient (Wildman–Crippen LogP) is 5.01. The number of benzene rings is 3. The maximum absolute atomic E-state index is 13.6. The number of fused-ring (bicyclic) bond motifs is 1. The van der Waals surface area contributed by atoms with Gasteiger partial charge in [0, 0.05) is 37.1 Å². The Morgan fingerprint density at radius 1 is 0.853 bits per heavy atom. The molecule has 172 valence electrons. The Morgan fingerprint density at radius 3 is 2.29 bits per heavy atom. The van der Waals surface area contributed by atoms with Gasteiger partial charge in [0.25, 0.3) is 5.91 Å². The molecule has 0 saturated heterocycles. The summed E-state index contributed by atoms with van der Waals surface area (Å²) in [6, 6.07) is 28.0. The largest absolute Gasteiger partial charge is 0.353 e. The first-order chi connectivity index (χ1) is 16.6. The monoisotopic (exact) mass is 451 g/mol. The van der Waals surface area contributed by atoms with Gasteiger partial charge in [-0.2, -0.15) is 0 Å². The van der Waals surface area contributed by atoms with Crippen molar-refractivity contribution in [3.63, 3.8) is 0 Å². The van der Waals surface area contributed by atoms with Gasteiger partial charge in [0.2, 0.25) is 5.91 Å². The zero-order valence-corrected chi connectivity index (χ0v) is 19.4. The maximum atomic E-state index is 13.6. The van der Waals surface area contributed by atoms with Crippen LogP contribution in [0.1, 0.15) is 34.5 Å². The molecular weight excluding hydrogens is 422 g/mol. The number of hydrogen-bond acceptors (Lipinski definition) is 2. The second kappa shape index (κ2) is 9.56. The average Bonchev–Trinajstić information content (AvgIpc) is 3.63. The van der Waals surface area contributed by atoms with Crippen molar-refractivity contribution in [1.29, 1.82) is 0 Å². The molecule has 1 saturated carbocycles. The molecule has 0 unspecified atom stereocenters. The molecular formula is C29H29N3O2. The lowest BCUT2D eigenvalue weighted by atomic mass is 10.1. The maximum Gasteiger partial charge on any atom is 0.254 e. The van der Waals surface area contributed by atoms with Crippen molar-refractivity contribution in [3.05, 3.63) is 108 Å². The number of nitrogens with zero attached hydrogens (tertiary/aromatic N) is 3. The van der Waals surface area contributed by atoms with E-state index < -0.39 is 0 Å². The summed E-state index contributed by atoms with van der Waals surface area (Å²) in [7, 11) is 1.99. The molecule has 34 heavy (non-hydrogen) atoms. The van der Waals surface area contributed by atoms with Crippen LogP contribution in [0.2, 0.25) is 0 Å². The summed E-state index contributed by atoms with van der Waals surface area (Å²) in [4.78, 5) is 30.7. The van der Waals surface area contributed by atoms with Crippen LogP contribution in [0, 0.1) is 0 Å². The zero-order chi connectivity index (χ0) is 23.5. The summed E-state index contributed by atoms with van der Waals surface area (Å²) in [6.45, 7) is 1.10. The lowest BCUT2D eigenvalue weighted by Crippen LogP contribution is -2.43. The Balaban J connectivity index is 1.38. The van der Waals surface area contributed by atoms with E-state index in [1.807, 2.05) is 108 Å². The fourth-order valence-electron chi connectivity index (χ4n) is 4.38. The minimum atomic E-state index is -0.0693. The van der Waals surface area contributed by atoms with E-state index in [9.17, 15) is 9.59 Å². The van der Waals surface area contributed by atoms with Gasteiger partial charge in [0.15, 0.2) is 0 Å². The van der Waals surface area contributed by atoms with Crippen molar-refractivity contribution in [2.75, 3.05) is 6.54 Å². The SMILES string of the molecule is Cn1cccc1CN(Cc1ccccc1)C(=O)CN(C(=O)c1ccc2ccccc2c1)C1CC1. The number of carbonyl (C=O) groups is 2. The lowest BCUT2D eigenvalue weighted by molar-refractivity contribution is -0.133. The van der Waals surface area contributed by atoms with Gasteiger partial charge in [-0.15, -0.1) is 0 Å². The number of hydrogen-bond donors (Lipinski definition) is 0. The quantitative estimate of drug-likeness (QED) is 0.378. The number of rotatable bonds is 8. The molecule has 1 fully saturated rings. The standard InChI is InChI=1S/C29H29N3O2/c1-30-17-7-12-27(30)20-31(19-22-8-3-2-4-9-22)28(33)21-32(26-15-16-26)29(34)25-14-13-23-10-5-6-11-24(23)18-25/h2-14,17-18,26H,15-16,19-21H2,1H3. The van der Waals surface area contributed by atoms with Gasteiger partial charge in [-0.3, -0.25) is 9.59 Å². The molecule has 0 aliphatic heterocycles. The number of aryl methyl sites for hydroxylation is 1. The van der Waals surface area contributed by atoms with Crippen molar-refractivity contribution in [3.8, 4) is 0 Å². The molecule has 1 aliphatic rings. The van der Waals surface area contributed by atoms with Crippen LogP contribution in [0.25, 0.3) is 10.8 Å². The Morgan fingerprint density at radius 2 is 1.59 bits per heavy atom. The van der Waals surface area contributed by atoms with Crippen LogP contribution in [0.3, 0.4) is 0 Å². The van der Waals surface area contributed by atoms with Crippen molar-refractivity contribution < 1.29 is 9.59 Å². The van der Waals surface area contributed by atoms with Gasteiger partial charge in [-0.05, 0) is 53.4 Å². The second-order valence-corrected chi connectivity index (χ2v) is 9.07. The van der Waals surface area contributed by atoms with Crippen LogP contribution in [0.4, 0.5) is 0 Å². The van der Waals surface area contributed by atoms with Crippen LogP contribution in [0.5, 0.6) is 0 Å². The van der Waals surface area contributed by atoms with Gasteiger partial charge in [0.05, 0.1) is 6.54 Å². The van der Waals surface area contributed by atoms with E-state index in [1.165, 1.54) is 0 Å². The summed E-state index contributed by atoms with van der Waals surface area (Å²) < 4.78 is 2.03. The van der Waals surface area contributed by atoms with Crippen LogP contribution in [-0.4, -0.2) is 38.8 Å². The summed E-state index contributed by atoms with van der Waals surface area (Å²) in [5, 5.41) is 2.13. The Hall–Kier alpha value is -3.86. The first-order valence-electron chi connectivity index (χ1n) is 11.8. The summed E-state index contributed by atoms with van der Waals surface area (Å²) in [5.41, 5.74) is 2.77. The molecule has 0 radical (unpaired) electrons. The molecule has 0 bridgehead atoms. The lowest BCUT2D eigenvalue weighted by Gasteiger charge is -2.28. The Bertz CT molecular complexity index is 1310. The third-order valence-corrected chi connectivity index (χ3v) is 6.52. The van der Waals surface area contributed by atoms with E-state index in [2.05, 4.69) is 0 Å². The number of aromatic nitrogens is 1. The van der Waals surface area contributed by atoms with E-state index in [-0.39, 0.29) is 24.4 Å². The molecule has 5 heteroatoms. The summed E-state index contributed by atoms with van der Waals surface area (Å²) in [5.74, 6) is -0.105. The first-order valence-corrected chi connectivity index (χ1v) is 11.8. The second-order valence-electron chi connectivity index (χ2n) is 9.07. The van der Waals surface area contributed by atoms with Crippen molar-refractivity contribution in [1.82, 2.24) is 14.4 Å². The molecule has 4 aromatic rings. The normalized spacial score (nSPS) is 13.1. The molecule has 1 heterocycles. The van der Waals surface area contributed by atoms with Crippen LogP contribution in [0.15, 0.2) is 91.1 Å². The molecule has 5 nitrogen and oxygen atoms in total. The van der Waals surface area contributed by atoms with E-state index in [1.54, 1.807) is 4.90 Å². The van der Waals surface area contributed by atoms with E-state index >= 15 is 0 Å². The fraction of sp³-hybridized carbons (Fsp3) is 0.241. The van der Waals surface area contributed by atoms with Crippen LogP contribution in [-0.2, 0) is 24.9 Å². The smallest absolute Gasteiger partial charge is 0.254 e. The van der Waals surface area contributed by atoms with Gasteiger partial charge in [-0.25, -0.2) is 0 Å². The molecule has 0 atom stereocenters. The van der Waals surface area contributed by atoms with Crippen molar-refractivity contribution in [2.45, 2.75) is 32.0 Å². The molecule has 0 spiro atoms. The molecule has 2 amide bonds. The fourth-order valence-corrected chi connectivity index (χ4v) is 4.38. The first kappa shape index (κ1) is 22.0. The van der Waals surface area contributed by atoms with Crippen LogP contribution >= 0.6 is 0 Å². The summed E-state index contributed by atoms with van der Waals surface area (Å²) >= 11 is 0. The highest BCUT2D eigenvalue weighted by Gasteiger charge is 2.35. The average molecular weight is 452 g/mol. The van der Waals surface area contributed by atoms with Gasteiger partial charge in [-0.1, -0.05) is 60.7 Å². The highest BCUT2D eigenvalue weighted by Crippen LogP contribution is 2.29. The summed E-state index contributed by atoms with van der Waals surface area (Å²) in [6.07, 6.45) is 3.88. The van der Waals surface area contributed by atoms with Gasteiger partial charge in [0.1, 0.15) is 6.54 Å². The number of carbonyl (C=O) groups excluding carboxylic acids is 2. The van der Waals surface area contributed by atoms with Crippen molar-refractivity contribution in [2.24, 2.45) is 7.05 Å².